The molecule has 16 heavy (non-hydrogen) atoms. The molecule has 1 aromatic rings. The van der Waals surface area contributed by atoms with E-state index >= 15 is 0 Å². The average molecular weight is 222 g/mol. The molecule has 0 bridgehead atoms. The molecule has 0 aliphatic rings. The molecule has 0 fully saturated rings. The highest BCUT2D eigenvalue weighted by atomic mass is 15.1. The molecule has 0 saturated carbocycles. The van der Waals surface area contributed by atoms with Crippen LogP contribution in [0, 0.1) is 0 Å². The zero-order valence-electron chi connectivity index (χ0n) is 10.5. The number of anilines is 2. The second-order valence-corrected chi connectivity index (χ2v) is 4.06. The summed E-state index contributed by atoms with van der Waals surface area (Å²) in [5.74, 6) is 1.55. The van der Waals surface area contributed by atoms with Crippen LogP contribution in [0.2, 0.25) is 0 Å². The van der Waals surface area contributed by atoms with Gasteiger partial charge in [0, 0.05) is 19.3 Å². The van der Waals surface area contributed by atoms with E-state index in [0.29, 0.717) is 12.0 Å². The van der Waals surface area contributed by atoms with E-state index in [1.54, 1.807) is 6.20 Å². The van der Waals surface area contributed by atoms with Gasteiger partial charge in [-0.05, 0) is 19.4 Å². The summed E-state index contributed by atoms with van der Waals surface area (Å²) in [6, 6.07) is 2.36. The van der Waals surface area contributed by atoms with Crippen molar-refractivity contribution in [3.8, 4) is 0 Å². The zero-order valence-corrected chi connectivity index (χ0v) is 10.5. The van der Waals surface area contributed by atoms with Crippen molar-refractivity contribution in [2.45, 2.75) is 45.6 Å². The third-order valence-electron chi connectivity index (χ3n) is 2.51. The van der Waals surface area contributed by atoms with E-state index in [4.69, 9.17) is 0 Å². The van der Waals surface area contributed by atoms with Crippen molar-refractivity contribution in [1.82, 2.24) is 9.97 Å². The normalized spacial score (nSPS) is 12.2. The number of nitrogens with zero attached hydrogens (tertiary/aromatic N) is 2. The standard InChI is InChI=1S/C12H22N4/c1-4-5-6-7-10(2)15-11-8-9-14-12(13-3)16-11/h8-10H,4-7H2,1-3H3,(H2,13,14,15,16). The molecule has 1 rings (SSSR count). The lowest BCUT2D eigenvalue weighted by Gasteiger charge is -2.14. The molecule has 0 aliphatic carbocycles. The van der Waals surface area contributed by atoms with E-state index in [1.807, 2.05) is 13.1 Å². The minimum absolute atomic E-state index is 0.464. The molecule has 4 nitrogen and oxygen atoms in total. The maximum atomic E-state index is 4.33. The van der Waals surface area contributed by atoms with Crippen LogP contribution in [0.25, 0.3) is 0 Å². The lowest BCUT2D eigenvalue weighted by Crippen LogP contribution is -2.16. The molecular weight excluding hydrogens is 200 g/mol. The van der Waals surface area contributed by atoms with E-state index in [-0.39, 0.29) is 0 Å². The van der Waals surface area contributed by atoms with Gasteiger partial charge in [0.15, 0.2) is 0 Å². The fraction of sp³-hybridized carbons (Fsp3) is 0.667. The minimum atomic E-state index is 0.464. The summed E-state index contributed by atoms with van der Waals surface area (Å²) in [4.78, 5) is 8.40. The van der Waals surface area contributed by atoms with Crippen molar-refractivity contribution in [3.05, 3.63) is 12.3 Å². The molecule has 4 heteroatoms. The van der Waals surface area contributed by atoms with Crippen molar-refractivity contribution in [3.63, 3.8) is 0 Å². The highest BCUT2D eigenvalue weighted by Gasteiger charge is 2.03. The average Bonchev–Trinajstić information content (AvgIpc) is 2.29. The molecule has 0 aliphatic heterocycles. The number of nitrogens with one attached hydrogen (secondary N) is 2. The van der Waals surface area contributed by atoms with Crippen molar-refractivity contribution in [2.75, 3.05) is 17.7 Å². The Labute approximate surface area is 97.9 Å². The fourth-order valence-corrected chi connectivity index (χ4v) is 1.58. The SMILES string of the molecule is CCCCCC(C)Nc1ccnc(NC)n1. The van der Waals surface area contributed by atoms with Gasteiger partial charge in [-0.2, -0.15) is 4.98 Å². The Morgan fingerprint density at radius 3 is 2.88 bits per heavy atom. The predicted octanol–water partition coefficient (Wildman–Crippen LogP) is 2.90. The van der Waals surface area contributed by atoms with E-state index in [9.17, 15) is 0 Å². The summed E-state index contributed by atoms with van der Waals surface area (Å²) in [5.41, 5.74) is 0. The summed E-state index contributed by atoms with van der Waals surface area (Å²) >= 11 is 0. The van der Waals surface area contributed by atoms with Crippen LogP contribution in [0.5, 0.6) is 0 Å². The highest BCUT2D eigenvalue weighted by Crippen LogP contribution is 2.10. The Kier molecular flexibility index (Phi) is 5.61. The van der Waals surface area contributed by atoms with Crippen LogP contribution in [0.4, 0.5) is 11.8 Å². The maximum Gasteiger partial charge on any atom is 0.224 e. The molecule has 1 aromatic heterocycles. The summed E-state index contributed by atoms with van der Waals surface area (Å²) in [7, 11) is 1.82. The van der Waals surface area contributed by atoms with E-state index in [1.165, 1.54) is 25.7 Å². The number of aromatic nitrogens is 2. The molecule has 0 spiro atoms. The van der Waals surface area contributed by atoms with Gasteiger partial charge in [0.25, 0.3) is 0 Å². The first-order valence-corrected chi connectivity index (χ1v) is 6.03. The predicted molar refractivity (Wildman–Crippen MR) is 68.8 cm³/mol. The lowest BCUT2D eigenvalue weighted by atomic mass is 10.1. The molecule has 0 aromatic carbocycles. The molecule has 1 atom stereocenters. The van der Waals surface area contributed by atoms with E-state index in [2.05, 4.69) is 34.4 Å². The lowest BCUT2D eigenvalue weighted by molar-refractivity contribution is 0.613. The topological polar surface area (TPSA) is 49.8 Å². The summed E-state index contributed by atoms with van der Waals surface area (Å²) in [5, 5.41) is 6.32. The number of unbranched alkanes of at least 4 members (excludes halogenated alkanes) is 2. The second kappa shape index (κ2) is 7.04. The van der Waals surface area contributed by atoms with Gasteiger partial charge < -0.3 is 10.6 Å². The molecule has 0 radical (unpaired) electrons. The molecule has 2 N–H and O–H groups in total. The summed E-state index contributed by atoms with van der Waals surface area (Å²) < 4.78 is 0. The third-order valence-corrected chi connectivity index (χ3v) is 2.51. The Morgan fingerprint density at radius 1 is 1.38 bits per heavy atom. The van der Waals surface area contributed by atoms with Gasteiger partial charge >= 0.3 is 0 Å². The van der Waals surface area contributed by atoms with Crippen molar-refractivity contribution in [1.29, 1.82) is 0 Å². The zero-order chi connectivity index (χ0) is 11.8. The maximum absolute atomic E-state index is 4.33. The third kappa shape index (κ3) is 4.47. The van der Waals surface area contributed by atoms with Crippen LogP contribution in [0.3, 0.4) is 0 Å². The Balaban J connectivity index is 2.39. The highest BCUT2D eigenvalue weighted by molar-refractivity contribution is 5.39. The molecule has 1 heterocycles. The molecule has 1 unspecified atom stereocenters. The van der Waals surface area contributed by atoms with Crippen LogP contribution >= 0.6 is 0 Å². The molecule has 90 valence electrons. The Hall–Kier alpha value is -1.32. The van der Waals surface area contributed by atoms with Crippen molar-refractivity contribution < 1.29 is 0 Å². The van der Waals surface area contributed by atoms with Crippen molar-refractivity contribution >= 4 is 11.8 Å². The molecule has 0 amide bonds. The summed E-state index contributed by atoms with van der Waals surface area (Å²) in [6.45, 7) is 4.42. The minimum Gasteiger partial charge on any atom is -0.367 e. The smallest absolute Gasteiger partial charge is 0.224 e. The monoisotopic (exact) mass is 222 g/mol. The van der Waals surface area contributed by atoms with Crippen molar-refractivity contribution in [2.24, 2.45) is 0 Å². The van der Waals surface area contributed by atoms with Gasteiger partial charge in [0.05, 0.1) is 0 Å². The van der Waals surface area contributed by atoms with Gasteiger partial charge in [-0.1, -0.05) is 26.2 Å². The van der Waals surface area contributed by atoms with E-state index in [0.717, 1.165) is 5.82 Å². The van der Waals surface area contributed by atoms with Crippen LogP contribution in [0.15, 0.2) is 12.3 Å². The van der Waals surface area contributed by atoms with Gasteiger partial charge in [-0.25, -0.2) is 4.98 Å². The first-order valence-electron chi connectivity index (χ1n) is 6.03. The molecular formula is C12H22N4. The summed E-state index contributed by atoms with van der Waals surface area (Å²) in [6.07, 6.45) is 6.79. The molecule has 0 saturated heterocycles. The van der Waals surface area contributed by atoms with Crippen LogP contribution in [0.1, 0.15) is 39.5 Å². The van der Waals surface area contributed by atoms with Gasteiger partial charge in [-0.3, -0.25) is 0 Å². The van der Waals surface area contributed by atoms with Crippen LogP contribution < -0.4 is 10.6 Å². The first-order chi connectivity index (χ1) is 7.76. The Morgan fingerprint density at radius 2 is 2.19 bits per heavy atom. The van der Waals surface area contributed by atoms with Gasteiger partial charge in [0.2, 0.25) is 5.95 Å². The van der Waals surface area contributed by atoms with Crippen LogP contribution in [-0.2, 0) is 0 Å². The largest absolute Gasteiger partial charge is 0.367 e. The van der Waals surface area contributed by atoms with E-state index < -0.39 is 0 Å². The van der Waals surface area contributed by atoms with Gasteiger partial charge in [-0.15, -0.1) is 0 Å². The fourth-order valence-electron chi connectivity index (χ4n) is 1.58. The quantitative estimate of drug-likeness (QED) is 0.696. The number of rotatable bonds is 7. The number of hydrogen-bond donors (Lipinski definition) is 2. The van der Waals surface area contributed by atoms with Gasteiger partial charge in [0.1, 0.15) is 5.82 Å². The van der Waals surface area contributed by atoms with Crippen LogP contribution in [-0.4, -0.2) is 23.1 Å². The number of hydrogen-bond acceptors (Lipinski definition) is 4. The first kappa shape index (κ1) is 12.7. The Bertz CT molecular complexity index is 301. The second-order valence-electron chi connectivity index (χ2n) is 4.06.